The second-order valence-electron chi connectivity index (χ2n) is 4.99. The van der Waals surface area contributed by atoms with Crippen LogP contribution in [0.15, 0.2) is 48.5 Å². The number of carbonyl (C=O) groups is 1. The second-order valence-corrected chi connectivity index (χ2v) is 5.38. The van der Waals surface area contributed by atoms with E-state index in [4.69, 9.17) is 26.2 Å². The van der Waals surface area contributed by atoms with Crippen LogP contribution >= 0.6 is 11.6 Å². The first kappa shape index (κ1) is 16.0. The van der Waals surface area contributed by atoms with E-state index in [0.29, 0.717) is 33.6 Å². The smallest absolute Gasteiger partial charge is 0.344 e. The molecule has 7 heteroatoms. The molecule has 1 aromatic carbocycles. The number of hydrogen-bond acceptors (Lipinski definition) is 5. The minimum Gasteiger partial charge on any atom is -0.479 e. The van der Waals surface area contributed by atoms with E-state index in [-0.39, 0.29) is 0 Å². The molecule has 0 aliphatic heterocycles. The molecule has 24 heavy (non-hydrogen) atoms. The molecule has 1 N–H and O–H groups in total. The zero-order valence-corrected chi connectivity index (χ0v) is 13.4. The molecular formula is C17H13ClN2O4. The lowest BCUT2D eigenvalue weighted by Crippen LogP contribution is -2.22. The van der Waals surface area contributed by atoms with E-state index in [2.05, 4.69) is 9.97 Å². The molecule has 0 saturated heterocycles. The standard InChI is InChI=1S/C17H13ClN2O4/c1-10(17(21)22)23-11-2-4-12(5-3-11)24-16-9-7-13-14(20-16)6-8-15(18)19-13/h2-10H,1H3,(H,21,22). The fraction of sp³-hybridized carbons (Fsp3) is 0.118. The molecule has 0 radical (unpaired) electrons. The molecule has 0 fully saturated rings. The number of hydrogen-bond donors (Lipinski definition) is 1. The van der Waals surface area contributed by atoms with Crippen molar-refractivity contribution in [3.63, 3.8) is 0 Å². The highest BCUT2D eigenvalue weighted by molar-refractivity contribution is 6.29. The lowest BCUT2D eigenvalue weighted by Gasteiger charge is -2.11. The Bertz CT molecular complexity index is 883. The number of rotatable bonds is 5. The van der Waals surface area contributed by atoms with E-state index in [1.807, 2.05) is 0 Å². The molecule has 0 amide bonds. The summed E-state index contributed by atoms with van der Waals surface area (Å²) in [6, 6.07) is 13.5. The van der Waals surface area contributed by atoms with E-state index >= 15 is 0 Å². The predicted octanol–water partition coefficient (Wildman–Crippen LogP) is 3.93. The van der Waals surface area contributed by atoms with Gasteiger partial charge in [-0.15, -0.1) is 0 Å². The summed E-state index contributed by atoms with van der Waals surface area (Å²) in [6.07, 6.45) is -0.918. The van der Waals surface area contributed by atoms with Crippen LogP contribution in [0.1, 0.15) is 6.92 Å². The molecule has 6 nitrogen and oxygen atoms in total. The van der Waals surface area contributed by atoms with Gasteiger partial charge in [-0.3, -0.25) is 0 Å². The lowest BCUT2D eigenvalue weighted by molar-refractivity contribution is -0.144. The number of carboxylic acids is 1. The third-order valence-electron chi connectivity index (χ3n) is 3.19. The van der Waals surface area contributed by atoms with Crippen molar-refractivity contribution >= 4 is 28.6 Å². The highest BCUT2D eigenvalue weighted by Gasteiger charge is 2.12. The first-order chi connectivity index (χ1) is 11.5. The summed E-state index contributed by atoms with van der Waals surface area (Å²) in [5.74, 6) is 0.394. The van der Waals surface area contributed by atoms with Crippen LogP contribution in [0.5, 0.6) is 17.4 Å². The Labute approximate surface area is 142 Å². The van der Waals surface area contributed by atoms with Crippen LogP contribution in [-0.2, 0) is 4.79 Å². The van der Waals surface area contributed by atoms with Gasteiger partial charge in [-0.2, -0.15) is 0 Å². The average molecular weight is 345 g/mol. The molecule has 3 rings (SSSR count). The Kier molecular flexibility index (Phi) is 4.48. The van der Waals surface area contributed by atoms with Crippen LogP contribution in [-0.4, -0.2) is 27.1 Å². The molecule has 1 atom stereocenters. The molecule has 2 aromatic heterocycles. The van der Waals surface area contributed by atoms with Gasteiger partial charge in [0.05, 0.1) is 11.0 Å². The van der Waals surface area contributed by atoms with E-state index < -0.39 is 12.1 Å². The van der Waals surface area contributed by atoms with Crippen LogP contribution < -0.4 is 9.47 Å². The highest BCUT2D eigenvalue weighted by atomic mass is 35.5. The summed E-state index contributed by atoms with van der Waals surface area (Å²) in [5, 5.41) is 9.23. The monoisotopic (exact) mass is 344 g/mol. The van der Waals surface area contributed by atoms with Crippen molar-refractivity contribution in [3.05, 3.63) is 53.7 Å². The number of aromatic nitrogens is 2. The number of nitrogens with zero attached hydrogens (tertiary/aromatic N) is 2. The van der Waals surface area contributed by atoms with Gasteiger partial charge >= 0.3 is 5.97 Å². The maximum atomic E-state index is 10.8. The summed E-state index contributed by atoms with van der Waals surface area (Å²) in [5.41, 5.74) is 1.35. The predicted molar refractivity (Wildman–Crippen MR) is 88.8 cm³/mol. The van der Waals surface area contributed by atoms with Crippen molar-refractivity contribution in [1.82, 2.24) is 9.97 Å². The van der Waals surface area contributed by atoms with Crippen LogP contribution in [0.25, 0.3) is 11.0 Å². The van der Waals surface area contributed by atoms with Gasteiger partial charge < -0.3 is 14.6 Å². The van der Waals surface area contributed by atoms with Crippen LogP contribution in [0.4, 0.5) is 0 Å². The summed E-state index contributed by atoms with van der Waals surface area (Å²) < 4.78 is 10.9. The molecule has 1 unspecified atom stereocenters. The van der Waals surface area contributed by atoms with Crippen molar-refractivity contribution in [1.29, 1.82) is 0 Å². The fourth-order valence-electron chi connectivity index (χ4n) is 1.98. The number of benzene rings is 1. The number of fused-ring (bicyclic) bond motifs is 1. The van der Waals surface area contributed by atoms with E-state index in [1.165, 1.54) is 6.92 Å². The molecule has 0 bridgehead atoms. The van der Waals surface area contributed by atoms with Crippen molar-refractivity contribution in [2.75, 3.05) is 0 Å². The highest BCUT2D eigenvalue weighted by Crippen LogP contribution is 2.25. The largest absolute Gasteiger partial charge is 0.479 e. The summed E-state index contributed by atoms with van der Waals surface area (Å²) in [6.45, 7) is 1.46. The van der Waals surface area contributed by atoms with Gasteiger partial charge in [0, 0.05) is 6.07 Å². The molecular weight excluding hydrogens is 332 g/mol. The zero-order chi connectivity index (χ0) is 17.1. The Morgan fingerprint density at radius 3 is 2.33 bits per heavy atom. The molecule has 0 saturated carbocycles. The fourth-order valence-corrected chi connectivity index (χ4v) is 2.14. The van der Waals surface area contributed by atoms with Crippen LogP contribution in [0, 0.1) is 0 Å². The number of halogens is 1. The zero-order valence-electron chi connectivity index (χ0n) is 12.6. The van der Waals surface area contributed by atoms with Gasteiger partial charge in [0.1, 0.15) is 16.7 Å². The molecule has 0 aliphatic carbocycles. The Balaban J connectivity index is 1.74. The quantitative estimate of drug-likeness (QED) is 0.706. The molecule has 0 spiro atoms. The summed E-state index contributed by atoms with van der Waals surface area (Å²) in [4.78, 5) is 19.3. The maximum absolute atomic E-state index is 10.8. The molecule has 2 heterocycles. The van der Waals surface area contributed by atoms with Crippen LogP contribution in [0.2, 0.25) is 5.15 Å². The molecule has 122 valence electrons. The van der Waals surface area contributed by atoms with Crippen molar-refractivity contribution in [2.45, 2.75) is 13.0 Å². The first-order valence-corrected chi connectivity index (χ1v) is 7.50. The average Bonchev–Trinajstić information content (AvgIpc) is 2.56. The van der Waals surface area contributed by atoms with Gasteiger partial charge in [0.15, 0.2) is 6.10 Å². The normalized spacial score (nSPS) is 11.9. The summed E-state index contributed by atoms with van der Waals surface area (Å²) in [7, 11) is 0. The maximum Gasteiger partial charge on any atom is 0.344 e. The van der Waals surface area contributed by atoms with E-state index in [9.17, 15) is 4.79 Å². The third kappa shape index (κ3) is 3.72. The van der Waals surface area contributed by atoms with Crippen molar-refractivity contribution in [2.24, 2.45) is 0 Å². The van der Waals surface area contributed by atoms with Crippen molar-refractivity contribution in [3.8, 4) is 17.4 Å². The first-order valence-electron chi connectivity index (χ1n) is 7.12. The molecule has 0 aliphatic rings. The van der Waals surface area contributed by atoms with Gasteiger partial charge in [-0.05, 0) is 49.4 Å². The number of aliphatic carboxylic acids is 1. The lowest BCUT2D eigenvalue weighted by atomic mass is 10.3. The SMILES string of the molecule is CC(Oc1ccc(Oc2ccc3nc(Cl)ccc3n2)cc1)C(=O)O. The minimum atomic E-state index is -1.02. The van der Waals surface area contributed by atoms with Gasteiger partial charge in [-0.1, -0.05) is 11.6 Å². The van der Waals surface area contributed by atoms with Gasteiger partial charge in [-0.25, -0.2) is 14.8 Å². The number of ether oxygens (including phenoxy) is 2. The third-order valence-corrected chi connectivity index (χ3v) is 3.40. The van der Waals surface area contributed by atoms with Crippen LogP contribution in [0.3, 0.4) is 0 Å². The van der Waals surface area contributed by atoms with Crippen molar-refractivity contribution < 1.29 is 19.4 Å². The minimum absolute atomic E-state index is 0.407. The number of pyridine rings is 2. The van der Waals surface area contributed by atoms with Gasteiger partial charge in [0.25, 0.3) is 0 Å². The Morgan fingerprint density at radius 1 is 1.00 bits per heavy atom. The number of carboxylic acid groups (broad SMARTS) is 1. The van der Waals surface area contributed by atoms with Gasteiger partial charge in [0.2, 0.25) is 5.88 Å². The molecule has 3 aromatic rings. The van der Waals surface area contributed by atoms with E-state index in [1.54, 1.807) is 48.5 Å². The topological polar surface area (TPSA) is 81.5 Å². The van der Waals surface area contributed by atoms with E-state index in [0.717, 1.165) is 0 Å². The Hall–Kier alpha value is -2.86. The Morgan fingerprint density at radius 2 is 1.62 bits per heavy atom. The summed E-state index contributed by atoms with van der Waals surface area (Å²) >= 11 is 5.84. The second kappa shape index (κ2) is 6.72.